The number of likely N-dealkylation sites (tertiary alicyclic amines) is 1. The molecular formula is C21H29N3O2. The first-order valence-corrected chi connectivity index (χ1v) is 9.65. The Kier molecular flexibility index (Phi) is 5.96. The predicted molar refractivity (Wildman–Crippen MR) is 104 cm³/mol. The molecule has 2 heterocycles. The number of H-pyrrole nitrogens is 1. The van der Waals surface area contributed by atoms with Crippen LogP contribution in [-0.2, 0) is 16.0 Å². The molecule has 1 saturated heterocycles. The van der Waals surface area contributed by atoms with E-state index in [1.165, 1.54) is 10.9 Å². The van der Waals surface area contributed by atoms with Crippen LogP contribution in [0.25, 0.3) is 10.9 Å². The second-order valence-electron chi connectivity index (χ2n) is 7.68. The van der Waals surface area contributed by atoms with Crippen molar-refractivity contribution in [1.82, 2.24) is 15.2 Å². The molecule has 1 aliphatic rings. The van der Waals surface area contributed by atoms with E-state index in [0.29, 0.717) is 25.4 Å². The zero-order valence-corrected chi connectivity index (χ0v) is 15.8. The van der Waals surface area contributed by atoms with Gasteiger partial charge in [0.2, 0.25) is 11.8 Å². The van der Waals surface area contributed by atoms with Gasteiger partial charge in [0, 0.05) is 43.2 Å². The van der Waals surface area contributed by atoms with Crippen LogP contribution in [0.5, 0.6) is 0 Å². The van der Waals surface area contributed by atoms with Crippen LogP contribution >= 0.6 is 0 Å². The normalized spacial score (nSPS) is 17.7. The minimum atomic E-state index is -0.0699. The number of rotatable bonds is 6. The van der Waals surface area contributed by atoms with Gasteiger partial charge in [-0.3, -0.25) is 9.59 Å². The summed E-state index contributed by atoms with van der Waals surface area (Å²) in [5.74, 6) is 0.612. The fraction of sp³-hybridized carbons (Fsp3) is 0.524. The Morgan fingerprint density at radius 2 is 2.12 bits per heavy atom. The highest BCUT2D eigenvalue weighted by molar-refractivity contribution is 5.84. The molecule has 0 aliphatic carbocycles. The monoisotopic (exact) mass is 355 g/mol. The van der Waals surface area contributed by atoms with Gasteiger partial charge in [0.1, 0.15) is 0 Å². The molecule has 0 spiro atoms. The lowest BCUT2D eigenvalue weighted by atomic mass is 9.96. The number of piperidine rings is 1. The van der Waals surface area contributed by atoms with Crippen LogP contribution in [0, 0.1) is 11.8 Å². The van der Waals surface area contributed by atoms with E-state index >= 15 is 0 Å². The number of benzene rings is 1. The summed E-state index contributed by atoms with van der Waals surface area (Å²) in [4.78, 5) is 30.1. The summed E-state index contributed by atoms with van der Waals surface area (Å²) in [5.41, 5.74) is 2.28. The Morgan fingerprint density at radius 1 is 1.31 bits per heavy atom. The molecule has 5 heteroatoms. The molecule has 1 fully saturated rings. The van der Waals surface area contributed by atoms with Crippen molar-refractivity contribution in [3.8, 4) is 0 Å². The van der Waals surface area contributed by atoms with Gasteiger partial charge >= 0.3 is 0 Å². The number of nitrogens with zero attached hydrogens (tertiary/aromatic N) is 1. The summed E-state index contributed by atoms with van der Waals surface area (Å²) in [6.07, 6.45) is 4.98. The SMILES string of the molecule is CC(C)CNC(=O)C1CCCN(C(=O)CCc2c[nH]c3ccccc23)C1. The fourth-order valence-corrected chi connectivity index (χ4v) is 3.60. The molecule has 1 aliphatic heterocycles. The molecule has 0 saturated carbocycles. The van der Waals surface area contributed by atoms with E-state index in [4.69, 9.17) is 0 Å². The van der Waals surface area contributed by atoms with Gasteiger partial charge in [-0.2, -0.15) is 0 Å². The zero-order valence-electron chi connectivity index (χ0n) is 15.8. The first kappa shape index (κ1) is 18.5. The Bertz CT molecular complexity index is 765. The lowest BCUT2D eigenvalue weighted by Crippen LogP contribution is -2.46. The van der Waals surface area contributed by atoms with Crippen molar-refractivity contribution in [2.24, 2.45) is 11.8 Å². The lowest BCUT2D eigenvalue weighted by Gasteiger charge is -2.32. The van der Waals surface area contributed by atoms with E-state index in [1.54, 1.807) is 0 Å². The minimum absolute atomic E-state index is 0.0699. The van der Waals surface area contributed by atoms with E-state index in [9.17, 15) is 9.59 Å². The maximum absolute atomic E-state index is 12.6. The summed E-state index contributed by atoms with van der Waals surface area (Å²) in [5, 5.41) is 4.19. The van der Waals surface area contributed by atoms with Gasteiger partial charge < -0.3 is 15.2 Å². The molecule has 140 valence electrons. The van der Waals surface area contributed by atoms with Gasteiger partial charge in [0.05, 0.1) is 5.92 Å². The van der Waals surface area contributed by atoms with Gasteiger partial charge in [-0.15, -0.1) is 0 Å². The van der Waals surface area contributed by atoms with E-state index < -0.39 is 0 Å². The zero-order chi connectivity index (χ0) is 18.5. The van der Waals surface area contributed by atoms with Crippen LogP contribution in [-0.4, -0.2) is 41.3 Å². The van der Waals surface area contributed by atoms with E-state index in [-0.39, 0.29) is 17.7 Å². The topological polar surface area (TPSA) is 65.2 Å². The molecule has 1 aromatic heterocycles. The molecule has 1 unspecified atom stereocenters. The third-order valence-electron chi connectivity index (χ3n) is 5.11. The van der Waals surface area contributed by atoms with Crippen LogP contribution in [0.15, 0.2) is 30.5 Å². The first-order valence-electron chi connectivity index (χ1n) is 9.65. The summed E-state index contributed by atoms with van der Waals surface area (Å²) in [6, 6.07) is 8.16. The maximum Gasteiger partial charge on any atom is 0.224 e. The number of hydrogen-bond acceptors (Lipinski definition) is 2. The average Bonchev–Trinajstić information content (AvgIpc) is 3.07. The van der Waals surface area contributed by atoms with Crippen LogP contribution in [0.2, 0.25) is 0 Å². The second-order valence-corrected chi connectivity index (χ2v) is 7.68. The van der Waals surface area contributed by atoms with Crippen molar-refractivity contribution in [3.63, 3.8) is 0 Å². The summed E-state index contributed by atoms with van der Waals surface area (Å²) in [6.45, 7) is 6.19. The highest BCUT2D eigenvalue weighted by Gasteiger charge is 2.28. The van der Waals surface area contributed by atoms with Crippen LogP contribution in [0.1, 0.15) is 38.7 Å². The Balaban J connectivity index is 1.53. The highest BCUT2D eigenvalue weighted by atomic mass is 16.2. The van der Waals surface area contributed by atoms with Crippen molar-refractivity contribution in [1.29, 1.82) is 0 Å². The van der Waals surface area contributed by atoms with Gasteiger partial charge in [0.15, 0.2) is 0 Å². The average molecular weight is 355 g/mol. The maximum atomic E-state index is 12.6. The molecule has 0 bridgehead atoms. The standard InChI is InChI=1S/C21H29N3O2/c1-15(2)12-23-21(26)17-6-5-11-24(14-17)20(25)10-9-16-13-22-19-8-4-3-7-18(16)19/h3-4,7-8,13,15,17,22H,5-6,9-12,14H2,1-2H3,(H,23,26). The van der Waals surface area contributed by atoms with Crippen molar-refractivity contribution >= 4 is 22.7 Å². The number of aromatic nitrogens is 1. The number of aromatic amines is 1. The molecule has 2 N–H and O–H groups in total. The Hall–Kier alpha value is -2.30. The summed E-state index contributed by atoms with van der Waals surface area (Å²) >= 11 is 0. The molecule has 0 radical (unpaired) electrons. The van der Waals surface area contributed by atoms with Gasteiger partial charge in [0.25, 0.3) is 0 Å². The van der Waals surface area contributed by atoms with Crippen molar-refractivity contribution < 1.29 is 9.59 Å². The van der Waals surface area contributed by atoms with E-state index in [1.807, 2.05) is 29.3 Å². The number of fused-ring (bicyclic) bond motifs is 1. The smallest absolute Gasteiger partial charge is 0.224 e. The molecule has 5 nitrogen and oxygen atoms in total. The number of aryl methyl sites for hydroxylation is 1. The van der Waals surface area contributed by atoms with Gasteiger partial charge in [-0.1, -0.05) is 32.0 Å². The number of carbonyl (C=O) groups excluding carboxylic acids is 2. The number of amides is 2. The number of hydrogen-bond donors (Lipinski definition) is 2. The Morgan fingerprint density at radius 3 is 2.92 bits per heavy atom. The lowest BCUT2D eigenvalue weighted by molar-refractivity contribution is -0.135. The van der Waals surface area contributed by atoms with Crippen LogP contribution in [0.4, 0.5) is 0 Å². The van der Waals surface area contributed by atoms with Gasteiger partial charge in [-0.05, 0) is 36.8 Å². The highest BCUT2D eigenvalue weighted by Crippen LogP contribution is 2.21. The largest absolute Gasteiger partial charge is 0.361 e. The van der Waals surface area contributed by atoms with E-state index in [2.05, 4.69) is 30.2 Å². The molecule has 2 amide bonds. The first-order chi connectivity index (χ1) is 12.5. The van der Waals surface area contributed by atoms with Crippen molar-refractivity contribution in [2.75, 3.05) is 19.6 Å². The number of para-hydroxylation sites is 1. The van der Waals surface area contributed by atoms with Crippen molar-refractivity contribution in [2.45, 2.75) is 39.5 Å². The predicted octanol–water partition coefficient (Wildman–Crippen LogP) is 3.11. The molecule has 1 atom stereocenters. The molecule has 26 heavy (non-hydrogen) atoms. The quantitative estimate of drug-likeness (QED) is 0.836. The van der Waals surface area contributed by atoms with Gasteiger partial charge in [-0.25, -0.2) is 0 Å². The van der Waals surface area contributed by atoms with Crippen molar-refractivity contribution in [3.05, 3.63) is 36.0 Å². The fourth-order valence-electron chi connectivity index (χ4n) is 3.60. The third kappa shape index (κ3) is 4.45. The minimum Gasteiger partial charge on any atom is -0.361 e. The van der Waals surface area contributed by atoms with E-state index in [0.717, 1.165) is 31.3 Å². The third-order valence-corrected chi connectivity index (χ3v) is 5.11. The number of nitrogens with one attached hydrogen (secondary N) is 2. The second kappa shape index (κ2) is 8.39. The molecule has 1 aromatic carbocycles. The molecule has 2 aromatic rings. The number of carbonyl (C=O) groups is 2. The Labute approximate surface area is 155 Å². The molecular weight excluding hydrogens is 326 g/mol. The van der Waals surface area contributed by atoms with Crippen LogP contribution in [0.3, 0.4) is 0 Å². The van der Waals surface area contributed by atoms with Crippen LogP contribution < -0.4 is 5.32 Å². The molecule has 3 rings (SSSR count). The summed E-state index contributed by atoms with van der Waals surface area (Å²) in [7, 11) is 0. The summed E-state index contributed by atoms with van der Waals surface area (Å²) < 4.78 is 0.